The van der Waals surface area contributed by atoms with Crippen molar-refractivity contribution in [2.45, 2.75) is 24.0 Å². The number of hydrogen-bond donors (Lipinski definition) is 8. The van der Waals surface area contributed by atoms with E-state index in [1.165, 1.54) is 12.8 Å². The lowest BCUT2D eigenvalue weighted by Crippen LogP contribution is -2.66. The third-order valence-corrected chi connectivity index (χ3v) is 5.98. The molecule has 0 unspecified atom stereocenters. The zero-order chi connectivity index (χ0) is 19.9. The molecule has 156 valence electrons. The van der Waals surface area contributed by atoms with Crippen LogP contribution in [-0.4, -0.2) is 118 Å². The van der Waals surface area contributed by atoms with E-state index < -0.39 is 74.9 Å². The molecule has 2 aliphatic heterocycles. The van der Waals surface area contributed by atoms with E-state index in [1.807, 2.05) is 0 Å². The number of rotatable bonds is 8. The van der Waals surface area contributed by atoms with Gasteiger partial charge < -0.3 is 50.3 Å². The molecule has 0 aromatic heterocycles. The van der Waals surface area contributed by atoms with Crippen LogP contribution in [0.3, 0.4) is 0 Å². The highest BCUT2D eigenvalue weighted by Gasteiger charge is 2.77. The van der Waals surface area contributed by atoms with Crippen LogP contribution in [0.4, 0.5) is 0 Å². The van der Waals surface area contributed by atoms with Crippen molar-refractivity contribution < 1.29 is 50.3 Å². The highest BCUT2D eigenvalue weighted by Crippen LogP contribution is 2.62. The zero-order valence-corrected chi connectivity index (χ0v) is 14.9. The van der Waals surface area contributed by atoms with E-state index in [1.54, 1.807) is 0 Å². The minimum atomic E-state index is -1.96. The average Bonchev–Trinajstić information content (AvgIpc) is 3.34. The van der Waals surface area contributed by atoms with E-state index in [9.17, 15) is 40.9 Å². The van der Waals surface area contributed by atoms with Gasteiger partial charge in [0.25, 0.3) is 0 Å². The molecule has 0 amide bonds. The Morgan fingerprint density at radius 1 is 0.500 bits per heavy atom. The van der Waals surface area contributed by atoms with Gasteiger partial charge in [-0.1, -0.05) is 0 Å². The summed E-state index contributed by atoms with van der Waals surface area (Å²) in [6.45, 7) is -4.94. The van der Waals surface area contributed by atoms with Gasteiger partial charge in [-0.25, -0.2) is 0 Å². The second-order valence-corrected chi connectivity index (χ2v) is 6.84. The topological polar surface area (TPSA) is 180 Å². The first kappa shape index (κ1) is 23.6. The van der Waals surface area contributed by atoms with Gasteiger partial charge in [-0.3, -0.25) is 0 Å². The molecule has 2 heterocycles. The Bertz CT molecular complexity index is 356. The first-order valence-electron chi connectivity index (χ1n) is 8.59. The van der Waals surface area contributed by atoms with Crippen LogP contribution in [0.2, 0.25) is 0 Å². The SMILES string of the molecule is C1CCOC1.OCC1(CO)OC(CO)(CO)C(CO)(CO)C1(CO)CO. The first-order valence-corrected chi connectivity index (χ1v) is 8.59. The average molecular weight is 384 g/mol. The van der Waals surface area contributed by atoms with Crippen molar-refractivity contribution in [3.63, 3.8) is 0 Å². The lowest BCUT2D eigenvalue weighted by atomic mass is 9.53. The fourth-order valence-corrected chi connectivity index (χ4v) is 4.07. The summed E-state index contributed by atoms with van der Waals surface area (Å²) in [5.74, 6) is 0. The summed E-state index contributed by atoms with van der Waals surface area (Å²) in [5, 5.41) is 77.7. The Labute approximate surface area is 152 Å². The molecule has 0 atom stereocenters. The molecule has 26 heavy (non-hydrogen) atoms. The van der Waals surface area contributed by atoms with Gasteiger partial charge in [0.05, 0.1) is 63.7 Å². The van der Waals surface area contributed by atoms with Crippen molar-refractivity contribution in [3.8, 4) is 0 Å². The van der Waals surface area contributed by atoms with Crippen LogP contribution < -0.4 is 0 Å². The summed E-state index contributed by atoms with van der Waals surface area (Å²) in [5.41, 5.74) is -7.71. The van der Waals surface area contributed by atoms with Crippen LogP contribution >= 0.6 is 0 Å². The maximum atomic E-state index is 9.79. The smallest absolute Gasteiger partial charge is 0.126 e. The predicted molar refractivity (Wildman–Crippen MR) is 88.2 cm³/mol. The molecule has 0 saturated carbocycles. The molecular weight excluding hydrogens is 352 g/mol. The highest BCUT2D eigenvalue weighted by molar-refractivity contribution is 5.23. The summed E-state index contributed by atoms with van der Waals surface area (Å²) in [6.07, 6.45) is 2.56. The van der Waals surface area contributed by atoms with Crippen LogP contribution in [0, 0.1) is 10.8 Å². The molecule has 0 radical (unpaired) electrons. The highest BCUT2D eigenvalue weighted by atomic mass is 16.6. The van der Waals surface area contributed by atoms with Crippen LogP contribution in [0.25, 0.3) is 0 Å². The van der Waals surface area contributed by atoms with Gasteiger partial charge in [0.1, 0.15) is 11.2 Å². The van der Waals surface area contributed by atoms with Gasteiger partial charge >= 0.3 is 0 Å². The number of ether oxygens (including phenoxy) is 2. The maximum Gasteiger partial charge on any atom is 0.126 e. The van der Waals surface area contributed by atoms with Crippen molar-refractivity contribution >= 4 is 0 Å². The summed E-state index contributed by atoms with van der Waals surface area (Å²) in [6, 6.07) is 0. The largest absolute Gasteiger partial charge is 0.396 e. The monoisotopic (exact) mass is 384 g/mol. The van der Waals surface area contributed by atoms with E-state index in [2.05, 4.69) is 0 Å². The number of aliphatic hydroxyl groups excluding tert-OH is 8. The van der Waals surface area contributed by atoms with E-state index in [-0.39, 0.29) is 0 Å². The third-order valence-electron chi connectivity index (χ3n) is 5.98. The van der Waals surface area contributed by atoms with Crippen molar-refractivity contribution in [2.75, 3.05) is 66.1 Å². The van der Waals surface area contributed by atoms with Gasteiger partial charge in [0.2, 0.25) is 0 Å². The Kier molecular flexibility index (Phi) is 8.81. The predicted octanol–water partition coefficient (Wildman–Crippen LogP) is -3.80. The summed E-state index contributed by atoms with van der Waals surface area (Å²) < 4.78 is 10.4. The van der Waals surface area contributed by atoms with Crippen LogP contribution in [0.15, 0.2) is 0 Å². The van der Waals surface area contributed by atoms with Gasteiger partial charge in [-0.2, -0.15) is 0 Å². The standard InChI is InChI=1S/C12H24O9.C4H8O/c13-1-9(2-14)10(3-15,4-16)12(7-19,8-20)21-11(9,5-17)6-18;1-2-4-5-3-1/h13-20H,1-8H2;1-4H2. The summed E-state index contributed by atoms with van der Waals surface area (Å²) >= 11 is 0. The van der Waals surface area contributed by atoms with Crippen molar-refractivity contribution in [1.29, 1.82) is 0 Å². The maximum absolute atomic E-state index is 9.79. The molecular formula is C16H32O10. The van der Waals surface area contributed by atoms with Crippen LogP contribution in [0.1, 0.15) is 12.8 Å². The van der Waals surface area contributed by atoms with Gasteiger partial charge in [-0.15, -0.1) is 0 Å². The van der Waals surface area contributed by atoms with Gasteiger partial charge in [0, 0.05) is 13.2 Å². The second-order valence-electron chi connectivity index (χ2n) is 6.84. The van der Waals surface area contributed by atoms with Crippen molar-refractivity contribution in [2.24, 2.45) is 10.8 Å². The number of aliphatic hydroxyl groups is 8. The fraction of sp³-hybridized carbons (Fsp3) is 1.00. The van der Waals surface area contributed by atoms with E-state index >= 15 is 0 Å². The molecule has 0 aromatic carbocycles. The molecule has 0 aliphatic carbocycles. The van der Waals surface area contributed by atoms with Crippen molar-refractivity contribution in [1.82, 2.24) is 0 Å². The molecule has 0 spiro atoms. The van der Waals surface area contributed by atoms with E-state index in [0.717, 1.165) is 13.2 Å². The molecule has 10 nitrogen and oxygen atoms in total. The summed E-state index contributed by atoms with van der Waals surface area (Å²) in [4.78, 5) is 0. The minimum absolute atomic E-state index is 0.867. The van der Waals surface area contributed by atoms with E-state index in [4.69, 9.17) is 9.47 Å². The van der Waals surface area contributed by atoms with E-state index in [0.29, 0.717) is 0 Å². The quantitative estimate of drug-likeness (QED) is 0.207. The third kappa shape index (κ3) is 3.18. The molecule has 0 bridgehead atoms. The fourth-order valence-electron chi connectivity index (χ4n) is 4.07. The normalized spacial score (nSPS) is 24.9. The molecule has 0 aromatic rings. The minimum Gasteiger partial charge on any atom is -0.396 e. The lowest BCUT2D eigenvalue weighted by Gasteiger charge is -2.50. The lowest BCUT2D eigenvalue weighted by molar-refractivity contribution is -0.204. The number of hydrogen-bond acceptors (Lipinski definition) is 10. The van der Waals surface area contributed by atoms with Crippen LogP contribution in [0.5, 0.6) is 0 Å². The molecule has 2 fully saturated rings. The van der Waals surface area contributed by atoms with Gasteiger partial charge in [-0.05, 0) is 12.8 Å². The summed E-state index contributed by atoms with van der Waals surface area (Å²) in [7, 11) is 0. The Morgan fingerprint density at radius 3 is 0.962 bits per heavy atom. The molecule has 2 saturated heterocycles. The molecule has 2 rings (SSSR count). The van der Waals surface area contributed by atoms with Gasteiger partial charge in [0.15, 0.2) is 0 Å². The Hall–Kier alpha value is -0.400. The first-order chi connectivity index (χ1) is 12.4. The molecule has 8 N–H and O–H groups in total. The van der Waals surface area contributed by atoms with Crippen LogP contribution in [-0.2, 0) is 9.47 Å². The zero-order valence-electron chi connectivity index (χ0n) is 14.9. The Balaban J connectivity index is 0.000000577. The second kappa shape index (κ2) is 9.69. The molecule has 10 heteroatoms. The Morgan fingerprint density at radius 2 is 0.808 bits per heavy atom. The molecule has 2 aliphatic rings. The van der Waals surface area contributed by atoms with Crippen molar-refractivity contribution in [3.05, 3.63) is 0 Å².